The third-order valence-electron chi connectivity index (χ3n) is 2.44. The van der Waals surface area contributed by atoms with Crippen LogP contribution in [0, 0.1) is 0 Å². The molecule has 0 spiro atoms. The minimum absolute atomic E-state index is 0.0471. The summed E-state index contributed by atoms with van der Waals surface area (Å²) < 4.78 is 5.05. The second-order valence-electron chi connectivity index (χ2n) is 4.39. The number of nitrogens with one attached hydrogen (secondary N) is 1. The molecule has 0 aliphatic carbocycles. The van der Waals surface area contributed by atoms with Crippen molar-refractivity contribution < 1.29 is 9.53 Å². The molecule has 0 aliphatic heterocycles. The highest BCUT2D eigenvalue weighted by Crippen LogP contribution is 2.24. The molecule has 0 radical (unpaired) electrons. The van der Waals surface area contributed by atoms with E-state index in [0.29, 0.717) is 17.2 Å². The zero-order valence-electron chi connectivity index (χ0n) is 11.2. The number of hydrogen-bond acceptors (Lipinski definition) is 3. The molecule has 1 aromatic rings. The van der Waals surface area contributed by atoms with Crippen LogP contribution in [-0.2, 0) is 4.74 Å². The summed E-state index contributed by atoms with van der Waals surface area (Å²) in [6, 6.07) is 5.32. The molecule has 5 heteroatoms. The van der Waals surface area contributed by atoms with Gasteiger partial charge in [0, 0.05) is 32.8 Å². The van der Waals surface area contributed by atoms with Gasteiger partial charge in [0.15, 0.2) is 0 Å². The number of benzene rings is 1. The Morgan fingerprint density at radius 1 is 1.50 bits per heavy atom. The Hall–Kier alpha value is -1.26. The number of ether oxygens (including phenoxy) is 1. The summed E-state index contributed by atoms with van der Waals surface area (Å²) in [5.41, 5.74) is 1.35. The third kappa shape index (κ3) is 3.89. The average Bonchev–Trinajstić information content (AvgIpc) is 2.31. The van der Waals surface area contributed by atoms with E-state index in [1.807, 2.05) is 6.92 Å². The maximum atomic E-state index is 11.8. The van der Waals surface area contributed by atoms with Gasteiger partial charge in [-0.2, -0.15) is 0 Å². The van der Waals surface area contributed by atoms with Crippen molar-refractivity contribution in [3.8, 4) is 0 Å². The lowest BCUT2D eigenvalue weighted by molar-refractivity contribution is 0.0827. The second kappa shape index (κ2) is 6.61. The Kier molecular flexibility index (Phi) is 5.44. The van der Waals surface area contributed by atoms with Gasteiger partial charge < -0.3 is 15.0 Å². The Morgan fingerprint density at radius 2 is 2.17 bits per heavy atom. The van der Waals surface area contributed by atoms with Crippen LogP contribution in [0.2, 0.25) is 5.02 Å². The lowest BCUT2D eigenvalue weighted by atomic mass is 10.1. The fourth-order valence-corrected chi connectivity index (χ4v) is 1.76. The number of hydrogen-bond donors (Lipinski definition) is 1. The Balaban J connectivity index is 2.91. The van der Waals surface area contributed by atoms with Crippen molar-refractivity contribution >= 4 is 23.2 Å². The quantitative estimate of drug-likeness (QED) is 0.894. The van der Waals surface area contributed by atoms with E-state index < -0.39 is 0 Å². The first kappa shape index (κ1) is 14.8. The summed E-state index contributed by atoms with van der Waals surface area (Å²) in [6.45, 7) is 2.56. The number of carbonyl (C=O) groups is 1. The van der Waals surface area contributed by atoms with Crippen LogP contribution in [0.4, 0.5) is 5.69 Å². The summed E-state index contributed by atoms with van der Waals surface area (Å²) in [5, 5.41) is 3.81. The number of methoxy groups -OCH3 is 1. The SMILES string of the molecule is COCC(C)Nc1cc(C(=O)N(C)C)ccc1Cl. The van der Waals surface area contributed by atoms with Gasteiger partial charge >= 0.3 is 0 Å². The van der Waals surface area contributed by atoms with Gasteiger partial charge in [0.2, 0.25) is 0 Å². The van der Waals surface area contributed by atoms with Gasteiger partial charge in [0.05, 0.1) is 17.3 Å². The summed E-state index contributed by atoms with van der Waals surface area (Å²) in [7, 11) is 5.08. The molecule has 1 atom stereocenters. The highest BCUT2D eigenvalue weighted by atomic mass is 35.5. The normalized spacial score (nSPS) is 12.1. The second-order valence-corrected chi connectivity index (χ2v) is 4.80. The van der Waals surface area contributed by atoms with Gasteiger partial charge in [0.25, 0.3) is 5.91 Å². The number of amides is 1. The lowest BCUT2D eigenvalue weighted by Gasteiger charge is -2.17. The molecule has 1 amide bonds. The largest absolute Gasteiger partial charge is 0.383 e. The first-order chi connectivity index (χ1) is 8.45. The Bertz CT molecular complexity index is 421. The van der Waals surface area contributed by atoms with E-state index in [2.05, 4.69) is 5.32 Å². The predicted octanol–water partition coefficient (Wildman–Crippen LogP) is 2.49. The molecule has 0 bridgehead atoms. The zero-order chi connectivity index (χ0) is 13.7. The van der Waals surface area contributed by atoms with Crippen LogP contribution >= 0.6 is 11.6 Å². The van der Waals surface area contributed by atoms with Crippen LogP contribution in [0.15, 0.2) is 18.2 Å². The summed E-state index contributed by atoms with van der Waals surface area (Å²) in [5.74, 6) is -0.0471. The van der Waals surface area contributed by atoms with Crippen LogP contribution < -0.4 is 5.32 Å². The molecule has 1 N–H and O–H groups in total. The minimum Gasteiger partial charge on any atom is -0.383 e. The zero-order valence-corrected chi connectivity index (χ0v) is 11.9. The van der Waals surface area contributed by atoms with Gasteiger partial charge in [-0.3, -0.25) is 4.79 Å². The summed E-state index contributed by atoms with van der Waals surface area (Å²) in [6.07, 6.45) is 0. The van der Waals surface area contributed by atoms with Crippen molar-refractivity contribution in [2.45, 2.75) is 13.0 Å². The molecule has 0 aromatic heterocycles. The number of nitrogens with zero attached hydrogens (tertiary/aromatic N) is 1. The molecule has 0 heterocycles. The molecule has 1 aromatic carbocycles. The minimum atomic E-state index is -0.0471. The monoisotopic (exact) mass is 270 g/mol. The van der Waals surface area contributed by atoms with Crippen molar-refractivity contribution in [3.63, 3.8) is 0 Å². The fourth-order valence-electron chi connectivity index (χ4n) is 1.58. The lowest BCUT2D eigenvalue weighted by Crippen LogP contribution is -2.23. The van der Waals surface area contributed by atoms with Gasteiger partial charge in [-0.05, 0) is 25.1 Å². The molecule has 100 valence electrons. The first-order valence-corrected chi connectivity index (χ1v) is 6.10. The van der Waals surface area contributed by atoms with E-state index in [1.165, 1.54) is 4.90 Å². The molecule has 0 aliphatic rings. The smallest absolute Gasteiger partial charge is 0.253 e. The van der Waals surface area contributed by atoms with Gasteiger partial charge in [-0.25, -0.2) is 0 Å². The predicted molar refractivity (Wildman–Crippen MR) is 74.4 cm³/mol. The van der Waals surface area contributed by atoms with Crippen LogP contribution in [0.1, 0.15) is 17.3 Å². The van der Waals surface area contributed by atoms with Gasteiger partial charge in [-0.15, -0.1) is 0 Å². The molecule has 4 nitrogen and oxygen atoms in total. The van der Waals surface area contributed by atoms with Crippen molar-refractivity contribution in [1.82, 2.24) is 4.90 Å². The Labute approximate surface area is 113 Å². The number of halogens is 1. The topological polar surface area (TPSA) is 41.6 Å². The molecular formula is C13H19ClN2O2. The van der Waals surface area contributed by atoms with E-state index in [1.54, 1.807) is 39.4 Å². The molecule has 1 rings (SSSR count). The van der Waals surface area contributed by atoms with Gasteiger partial charge in [-0.1, -0.05) is 11.6 Å². The van der Waals surface area contributed by atoms with Crippen molar-refractivity contribution in [1.29, 1.82) is 0 Å². The van der Waals surface area contributed by atoms with E-state index in [4.69, 9.17) is 16.3 Å². The fraction of sp³-hybridized carbons (Fsp3) is 0.462. The highest BCUT2D eigenvalue weighted by Gasteiger charge is 2.11. The summed E-state index contributed by atoms with van der Waals surface area (Å²) in [4.78, 5) is 13.4. The first-order valence-electron chi connectivity index (χ1n) is 5.72. The maximum absolute atomic E-state index is 11.8. The number of anilines is 1. The maximum Gasteiger partial charge on any atom is 0.253 e. The molecule has 0 fully saturated rings. The molecular weight excluding hydrogens is 252 g/mol. The molecule has 0 saturated carbocycles. The van der Waals surface area contributed by atoms with Crippen LogP contribution in [-0.4, -0.2) is 44.7 Å². The highest BCUT2D eigenvalue weighted by molar-refractivity contribution is 6.33. The Morgan fingerprint density at radius 3 is 2.72 bits per heavy atom. The standard InChI is InChI=1S/C13H19ClN2O2/c1-9(8-18-4)15-12-7-10(5-6-11(12)14)13(17)16(2)3/h5-7,9,15H,8H2,1-4H3. The number of carbonyl (C=O) groups excluding carboxylic acids is 1. The molecule has 0 saturated heterocycles. The molecule has 18 heavy (non-hydrogen) atoms. The van der Waals surface area contributed by atoms with Crippen LogP contribution in [0.25, 0.3) is 0 Å². The summed E-state index contributed by atoms with van der Waals surface area (Å²) >= 11 is 6.10. The van der Waals surface area contributed by atoms with E-state index in [9.17, 15) is 4.79 Å². The van der Waals surface area contributed by atoms with Crippen LogP contribution in [0.5, 0.6) is 0 Å². The van der Waals surface area contributed by atoms with Crippen molar-refractivity contribution in [2.24, 2.45) is 0 Å². The van der Waals surface area contributed by atoms with Crippen molar-refractivity contribution in [3.05, 3.63) is 28.8 Å². The van der Waals surface area contributed by atoms with Gasteiger partial charge in [0.1, 0.15) is 0 Å². The van der Waals surface area contributed by atoms with Crippen molar-refractivity contribution in [2.75, 3.05) is 33.1 Å². The van der Waals surface area contributed by atoms with E-state index in [0.717, 1.165) is 5.69 Å². The van der Waals surface area contributed by atoms with Crippen LogP contribution in [0.3, 0.4) is 0 Å². The number of rotatable bonds is 5. The van der Waals surface area contributed by atoms with E-state index in [-0.39, 0.29) is 11.9 Å². The average molecular weight is 271 g/mol. The van der Waals surface area contributed by atoms with E-state index >= 15 is 0 Å². The third-order valence-corrected chi connectivity index (χ3v) is 2.77. The molecule has 1 unspecified atom stereocenters.